The molecule has 4 heteroatoms. The smallest absolute Gasteiger partial charge is 0.133 e. The van der Waals surface area contributed by atoms with Gasteiger partial charge in [0.2, 0.25) is 0 Å². The van der Waals surface area contributed by atoms with Crippen LogP contribution >= 0.6 is 0 Å². The van der Waals surface area contributed by atoms with E-state index in [1.54, 1.807) is 0 Å². The maximum absolute atomic E-state index is 4.64. The molecule has 1 unspecified atom stereocenters. The average Bonchev–Trinajstić information content (AvgIpc) is 2.92. The summed E-state index contributed by atoms with van der Waals surface area (Å²) in [6, 6.07) is 5.00. The van der Waals surface area contributed by atoms with Crippen LogP contribution in [-0.2, 0) is 6.54 Å². The zero-order valence-corrected chi connectivity index (χ0v) is 11.8. The molecule has 0 radical (unpaired) electrons. The summed E-state index contributed by atoms with van der Waals surface area (Å²) in [5, 5.41) is 3.41. The molecule has 3 heterocycles. The van der Waals surface area contributed by atoms with Crippen LogP contribution in [0.2, 0.25) is 0 Å². The van der Waals surface area contributed by atoms with Crippen LogP contribution in [0.25, 0.3) is 0 Å². The zero-order chi connectivity index (χ0) is 13.1. The first-order valence-corrected chi connectivity index (χ1v) is 7.52. The highest BCUT2D eigenvalue weighted by molar-refractivity contribution is 5.47. The van der Waals surface area contributed by atoms with Gasteiger partial charge in [-0.05, 0) is 32.0 Å². The number of rotatable bonds is 4. The van der Waals surface area contributed by atoms with Crippen LogP contribution in [0.4, 0.5) is 5.82 Å². The first-order chi connectivity index (χ1) is 9.38. The zero-order valence-electron chi connectivity index (χ0n) is 11.8. The molecule has 0 amide bonds. The molecule has 4 nitrogen and oxygen atoms in total. The number of anilines is 1. The third-order valence-electron chi connectivity index (χ3n) is 4.32. The van der Waals surface area contributed by atoms with E-state index in [1.807, 2.05) is 12.3 Å². The van der Waals surface area contributed by atoms with Crippen molar-refractivity contribution in [3.8, 4) is 0 Å². The second-order valence-corrected chi connectivity index (χ2v) is 5.54. The second kappa shape index (κ2) is 5.88. The van der Waals surface area contributed by atoms with Crippen LogP contribution in [-0.4, -0.2) is 48.6 Å². The molecule has 2 saturated heterocycles. The van der Waals surface area contributed by atoms with Crippen molar-refractivity contribution >= 4 is 5.82 Å². The van der Waals surface area contributed by atoms with Crippen molar-refractivity contribution < 1.29 is 0 Å². The quantitative estimate of drug-likeness (QED) is 0.888. The Hall–Kier alpha value is -1.13. The van der Waals surface area contributed by atoms with Crippen molar-refractivity contribution in [2.24, 2.45) is 0 Å². The fraction of sp³-hybridized carbons (Fsp3) is 0.667. The Morgan fingerprint density at radius 3 is 3.21 bits per heavy atom. The van der Waals surface area contributed by atoms with E-state index in [0.717, 1.165) is 32.2 Å². The fourth-order valence-electron chi connectivity index (χ4n) is 3.30. The molecule has 1 aromatic rings. The van der Waals surface area contributed by atoms with Gasteiger partial charge in [-0.3, -0.25) is 4.90 Å². The Labute approximate surface area is 115 Å². The minimum atomic E-state index is 0.753. The number of piperazine rings is 1. The molecular weight excluding hydrogens is 236 g/mol. The van der Waals surface area contributed by atoms with Crippen molar-refractivity contribution in [1.82, 2.24) is 15.2 Å². The van der Waals surface area contributed by atoms with Crippen LogP contribution in [0.1, 0.15) is 25.3 Å². The van der Waals surface area contributed by atoms with Gasteiger partial charge in [0.1, 0.15) is 5.82 Å². The van der Waals surface area contributed by atoms with Gasteiger partial charge in [0.05, 0.1) is 0 Å². The molecule has 0 aromatic carbocycles. The van der Waals surface area contributed by atoms with Gasteiger partial charge in [-0.25, -0.2) is 4.98 Å². The van der Waals surface area contributed by atoms with Crippen LogP contribution in [0.3, 0.4) is 0 Å². The molecule has 1 atom stereocenters. The lowest BCUT2D eigenvalue weighted by Gasteiger charge is -2.38. The van der Waals surface area contributed by atoms with Crippen LogP contribution in [0.15, 0.2) is 18.3 Å². The molecule has 0 bridgehead atoms. The Morgan fingerprint density at radius 2 is 2.32 bits per heavy atom. The molecule has 2 aliphatic rings. The van der Waals surface area contributed by atoms with E-state index in [0.29, 0.717) is 0 Å². The van der Waals surface area contributed by atoms with E-state index < -0.39 is 0 Å². The predicted octanol–water partition coefficient (Wildman–Crippen LogP) is 1.48. The summed E-state index contributed by atoms with van der Waals surface area (Å²) in [6.45, 7) is 8.83. The Kier molecular flexibility index (Phi) is 3.99. The van der Waals surface area contributed by atoms with Crippen molar-refractivity contribution in [2.75, 3.05) is 37.6 Å². The number of pyridine rings is 1. The average molecular weight is 260 g/mol. The van der Waals surface area contributed by atoms with Gasteiger partial charge in [0.15, 0.2) is 0 Å². The second-order valence-electron chi connectivity index (χ2n) is 5.54. The summed E-state index contributed by atoms with van der Waals surface area (Å²) in [7, 11) is 0. The molecule has 3 rings (SSSR count). The number of hydrogen-bond acceptors (Lipinski definition) is 4. The number of aromatic nitrogens is 1. The Bertz CT molecular complexity index is 420. The maximum atomic E-state index is 4.64. The van der Waals surface area contributed by atoms with Crippen molar-refractivity contribution in [1.29, 1.82) is 0 Å². The minimum absolute atomic E-state index is 0.753. The van der Waals surface area contributed by atoms with Gasteiger partial charge < -0.3 is 10.2 Å². The molecule has 19 heavy (non-hydrogen) atoms. The summed E-state index contributed by atoms with van der Waals surface area (Å²) in [4.78, 5) is 9.76. The van der Waals surface area contributed by atoms with Crippen molar-refractivity contribution in [3.05, 3.63) is 23.9 Å². The topological polar surface area (TPSA) is 31.4 Å². The maximum Gasteiger partial charge on any atom is 0.133 e. The predicted molar refractivity (Wildman–Crippen MR) is 78.4 cm³/mol. The molecule has 1 N–H and O–H groups in total. The highest BCUT2D eigenvalue weighted by Gasteiger charge is 2.31. The van der Waals surface area contributed by atoms with E-state index in [9.17, 15) is 0 Å². The SMILES string of the molecule is CCNCc1cccnc1N1CCN2CCCC2C1. The molecule has 1 aromatic heterocycles. The van der Waals surface area contributed by atoms with E-state index in [2.05, 4.69) is 33.1 Å². The molecule has 104 valence electrons. The van der Waals surface area contributed by atoms with Crippen molar-refractivity contribution in [2.45, 2.75) is 32.4 Å². The third-order valence-corrected chi connectivity index (χ3v) is 4.32. The summed E-state index contributed by atoms with van der Waals surface area (Å²) < 4.78 is 0. The van der Waals surface area contributed by atoms with Crippen LogP contribution in [0.5, 0.6) is 0 Å². The molecular formula is C15H24N4. The van der Waals surface area contributed by atoms with Gasteiger partial charge >= 0.3 is 0 Å². The highest BCUT2D eigenvalue weighted by Crippen LogP contribution is 2.26. The van der Waals surface area contributed by atoms with Gasteiger partial charge in [0.25, 0.3) is 0 Å². The van der Waals surface area contributed by atoms with Crippen LogP contribution in [0, 0.1) is 0 Å². The lowest BCUT2D eigenvalue weighted by Crippen LogP contribution is -2.50. The molecule has 0 saturated carbocycles. The fourth-order valence-corrected chi connectivity index (χ4v) is 3.30. The van der Waals surface area contributed by atoms with E-state index in [-0.39, 0.29) is 0 Å². The monoisotopic (exact) mass is 260 g/mol. The van der Waals surface area contributed by atoms with Crippen LogP contribution < -0.4 is 10.2 Å². The summed E-state index contributed by atoms with van der Waals surface area (Å²) >= 11 is 0. The van der Waals surface area contributed by atoms with Crippen molar-refractivity contribution in [3.63, 3.8) is 0 Å². The number of fused-ring (bicyclic) bond motifs is 1. The lowest BCUT2D eigenvalue weighted by atomic mass is 10.1. The summed E-state index contributed by atoms with van der Waals surface area (Å²) in [5.41, 5.74) is 1.33. The van der Waals surface area contributed by atoms with E-state index in [1.165, 1.54) is 37.3 Å². The van der Waals surface area contributed by atoms with E-state index in [4.69, 9.17) is 0 Å². The Balaban J connectivity index is 1.74. The highest BCUT2D eigenvalue weighted by atomic mass is 15.3. The molecule has 0 aliphatic carbocycles. The first kappa shape index (κ1) is 12.9. The normalized spacial score (nSPS) is 23.6. The number of nitrogens with zero attached hydrogens (tertiary/aromatic N) is 3. The third kappa shape index (κ3) is 2.74. The standard InChI is InChI=1S/C15H24N4/c1-2-16-11-13-5-3-7-17-15(13)19-10-9-18-8-4-6-14(18)12-19/h3,5,7,14,16H,2,4,6,8-12H2,1H3. The Morgan fingerprint density at radius 1 is 1.37 bits per heavy atom. The molecule has 0 spiro atoms. The van der Waals surface area contributed by atoms with Gasteiger partial charge in [0, 0.05) is 44.0 Å². The molecule has 2 fully saturated rings. The number of hydrogen-bond donors (Lipinski definition) is 1. The summed E-state index contributed by atoms with van der Waals surface area (Å²) in [6.07, 6.45) is 4.64. The van der Waals surface area contributed by atoms with Gasteiger partial charge in [-0.1, -0.05) is 13.0 Å². The first-order valence-electron chi connectivity index (χ1n) is 7.52. The minimum Gasteiger partial charge on any atom is -0.353 e. The summed E-state index contributed by atoms with van der Waals surface area (Å²) in [5.74, 6) is 1.19. The lowest BCUT2D eigenvalue weighted by molar-refractivity contribution is 0.230. The number of nitrogens with one attached hydrogen (secondary N) is 1. The largest absolute Gasteiger partial charge is 0.353 e. The van der Waals surface area contributed by atoms with Gasteiger partial charge in [-0.15, -0.1) is 0 Å². The van der Waals surface area contributed by atoms with Gasteiger partial charge in [-0.2, -0.15) is 0 Å². The molecule has 2 aliphatic heterocycles. The van der Waals surface area contributed by atoms with E-state index >= 15 is 0 Å².